The van der Waals surface area contributed by atoms with Crippen LogP contribution in [-0.4, -0.2) is 65.2 Å². The summed E-state index contributed by atoms with van der Waals surface area (Å²) in [5, 5.41) is 1.19. The third-order valence-corrected chi connectivity index (χ3v) is 6.39. The molecule has 3 aliphatic rings. The SMILES string of the molecule is Cn1cc(CC(=O)N2CCN3[C@@H](COC[C@@H]3C3CC3)C2)c2ccccc21. The molecule has 1 amide bonds. The van der Waals surface area contributed by atoms with Crippen LogP contribution < -0.4 is 0 Å². The molecular formula is C21H27N3O2. The number of carbonyl (C=O) groups excluding carboxylic acids is 1. The van der Waals surface area contributed by atoms with E-state index in [0.29, 0.717) is 18.5 Å². The zero-order valence-corrected chi connectivity index (χ0v) is 15.4. The number of nitrogens with zero attached hydrogens (tertiary/aromatic N) is 3. The highest BCUT2D eigenvalue weighted by Crippen LogP contribution is 2.38. The van der Waals surface area contributed by atoms with Crippen LogP contribution in [0, 0.1) is 5.92 Å². The summed E-state index contributed by atoms with van der Waals surface area (Å²) in [6.07, 6.45) is 5.29. The largest absolute Gasteiger partial charge is 0.378 e. The lowest BCUT2D eigenvalue weighted by atomic mass is 10.0. The fraction of sp³-hybridized carbons (Fsp3) is 0.571. The highest BCUT2D eigenvalue weighted by molar-refractivity contribution is 5.89. The maximum Gasteiger partial charge on any atom is 0.227 e. The number of para-hydroxylation sites is 1. The summed E-state index contributed by atoms with van der Waals surface area (Å²) in [4.78, 5) is 17.7. The molecule has 1 aliphatic carbocycles. The molecule has 1 aromatic heterocycles. The van der Waals surface area contributed by atoms with Crippen LogP contribution in [0.1, 0.15) is 18.4 Å². The molecule has 0 radical (unpaired) electrons. The van der Waals surface area contributed by atoms with E-state index in [1.165, 1.54) is 23.7 Å². The molecule has 138 valence electrons. The molecule has 1 aromatic carbocycles. The van der Waals surface area contributed by atoms with Crippen molar-refractivity contribution in [2.75, 3.05) is 32.8 Å². The minimum absolute atomic E-state index is 0.245. The normalized spacial score (nSPS) is 26.9. The van der Waals surface area contributed by atoms with Gasteiger partial charge in [-0.25, -0.2) is 0 Å². The molecule has 0 N–H and O–H groups in total. The molecule has 26 heavy (non-hydrogen) atoms. The number of piperazine rings is 1. The van der Waals surface area contributed by atoms with Gasteiger partial charge in [0.15, 0.2) is 0 Å². The Morgan fingerprint density at radius 1 is 1.19 bits per heavy atom. The predicted molar refractivity (Wildman–Crippen MR) is 101 cm³/mol. The lowest BCUT2D eigenvalue weighted by Gasteiger charge is -2.48. The molecule has 0 spiro atoms. The number of hydrogen-bond donors (Lipinski definition) is 0. The number of fused-ring (bicyclic) bond motifs is 2. The fourth-order valence-corrected chi connectivity index (χ4v) is 4.83. The van der Waals surface area contributed by atoms with E-state index in [9.17, 15) is 4.79 Å². The highest BCUT2D eigenvalue weighted by atomic mass is 16.5. The first kappa shape index (κ1) is 16.3. The van der Waals surface area contributed by atoms with Gasteiger partial charge in [-0.2, -0.15) is 0 Å². The third-order valence-electron chi connectivity index (χ3n) is 6.39. The van der Waals surface area contributed by atoms with Crippen LogP contribution >= 0.6 is 0 Å². The monoisotopic (exact) mass is 353 g/mol. The first-order valence-corrected chi connectivity index (χ1v) is 9.85. The zero-order chi connectivity index (χ0) is 17.7. The molecule has 5 heteroatoms. The van der Waals surface area contributed by atoms with Gasteiger partial charge >= 0.3 is 0 Å². The van der Waals surface area contributed by atoms with E-state index in [2.05, 4.69) is 32.7 Å². The van der Waals surface area contributed by atoms with Gasteiger partial charge in [0.25, 0.3) is 0 Å². The molecule has 1 saturated carbocycles. The second kappa shape index (κ2) is 6.39. The molecule has 2 aliphatic heterocycles. The van der Waals surface area contributed by atoms with Gasteiger partial charge in [-0.15, -0.1) is 0 Å². The zero-order valence-electron chi connectivity index (χ0n) is 15.4. The number of hydrogen-bond acceptors (Lipinski definition) is 3. The first-order chi connectivity index (χ1) is 12.7. The van der Waals surface area contributed by atoms with Crippen LogP contribution in [0.3, 0.4) is 0 Å². The average molecular weight is 353 g/mol. The van der Waals surface area contributed by atoms with Gasteiger partial charge in [0.2, 0.25) is 5.91 Å². The Balaban J connectivity index is 1.29. The summed E-state index contributed by atoms with van der Waals surface area (Å²) in [5.41, 5.74) is 2.32. The Bertz CT molecular complexity index is 826. The van der Waals surface area contributed by atoms with Gasteiger partial charge in [-0.05, 0) is 30.4 Å². The summed E-state index contributed by atoms with van der Waals surface area (Å²) in [5.74, 6) is 1.07. The standard InChI is InChI=1S/C21H27N3O2/c1-22-11-16(18-4-2-3-5-19(18)22)10-21(25)23-8-9-24-17(12-23)13-26-14-20(24)15-6-7-15/h2-5,11,15,17,20H,6-10,12-14H2,1H3/t17-,20-/m1/s1. The Hall–Kier alpha value is -1.85. The van der Waals surface area contributed by atoms with E-state index in [0.717, 1.165) is 44.3 Å². The van der Waals surface area contributed by atoms with Crippen molar-refractivity contribution in [3.05, 3.63) is 36.0 Å². The van der Waals surface area contributed by atoms with E-state index in [-0.39, 0.29) is 5.91 Å². The van der Waals surface area contributed by atoms with E-state index in [1.807, 2.05) is 19.2 Å². The van der Waals surface area contributed by atoms with Crippen LogP contribution in [0.2, 0.25) is 0 Å². The summed E-state index contributed by atoms with van der Waals surface area (Å²) in [7, 11) is 2.05. The van der Waals surface area contributed by atoms with Crippen molar-refractivity contribution in [3.8, 4) is 0 Å². The Labute approximate surface area is 154 Å². The van der Waals surface area contributed by atoms with Crippen molar-refractivity contribution >= 4 is 16.8 Å². The summed E-state index contributed by atoms with van der Waals surface area (Å²) in [6, 6.07) is 9.28. The number of benzene rings is 1. The van der Waals surface area contributed by atoms with Gasteiger partial charge in [0, 0.05) is 49.8 Å². The third kappa shape index (κ3) is 2.83. The van der Waals surface area contributed by atoms with Crippen molar-refractivity contribution in [3.63, 3.8) is 0 Å². The number of aromatic nitrogens is 1. The second-order valence-corrected chi connectivity index (χ2v) is 8.13. The summed E-state index contributed by atoms with van der Waals surface area (Å²) >= 11 is 0. The molecule has 0 bridgehead atoms. The second-order valence-electron chi connectivity index (χ2n) is 8.13. The van der Waals surface area contributed by atoms with Crippen LogP contribution in [0.25, 0.3) is 10.9 Å². The number of amides is 1. The lowest BCUT2D eigenvalue weighted by molar-refractivity contribution is -0.139. The minimum atomic E-state index is 0.245. The number of morpholine rings is 1. The van der Waals surface area contributed by atoms with E-state index in [4.69, 9.17) is 4.74 Å². The van der Waals surface area contributed by atoms with Crippen molar-refractivity contribution in [2.45, 2.75) is 31.3 Å². The van der Waals surface area contributed by atoms with Crippen LogP contribution in [0.15, 0.2) is 30.5 Å². The molecule has 3 fully saturated rings. The van der Waals surface area contributed by atoms with Crippen molar-refractivity contribution in [1.82, 2.24) is 14.4 Å². The topological polar surface area (TPSA) is 37.7 Å². The van der Waals surface area contributed by atoms with Crippen molar-refractivity contribution in [1.29, 1.82) is 0 Å². The molecule has 2 aromatic rings. The van der Waals surface area contributed by atoms with Gasteiger partial charge in [-0.3, -0.25) is 9.69 Å². The number of rotatable bonds is 3. The number of ether oxygens (including phenoxy) is 1. The van der Waals surface area contributed by atoms with Crippen LogP contribution in [0.5, 0.6) is 0 Å². The summed E-state index contributed by atoms with van der Waals surface area (Å²) in [6.45, 7) is 4.30. The van der Waals surface area contributed by atoms with Crippen molar-refractivity contribution in [2.24, 2.45) is 13.0 Å². The Morgan fingerprint density at radius 3 is 2.88 bits per heavy atom. The fourth-order valence-electron chi connectivity index (χ4n) is 4.83. The van der Waals surface area contributed by atoms with E-state index < -0.39 is 0 Å². The smallest absolute Gasteiger partial charge is 0.227 e. The molecule has 2 atom stereocenters. The van der Waals surface area contributed by atoms with Crippen LogP contribution in [-0.2, 0) is 23.0 Å². The maximum atomic E-state index is 13.0. The highest BCUT2D eigenvalue weighted by Gasteiger charge is 2.43. The molecule has 3 heterocycles. The van der Waals surface area contributed by atoms with E-state index in [1.54, 1.807) is 0 Å². The van der Waals surface area contributed by atoms with Gasteiger partial charge in [0.05, 0.1) is 25.7 Å². The molecular weight excluding hydrogens is 326 g/mol. The van der Waals surface area contributed by atoms with Crippen molar-refractivity contribution < 1.29 is 9.53 Å². The van der Waals surface area contributed by atoms with Gasteiger partial charge in [0.1, 0.15) is 0 Å². The molecule has 2 saturated heterocycles. The van der Waals surface area contributed by atoms with Crippen LogP contribution in [0.4, 0.5) is 0 Å². The lowest BCUT2D eigenvalue weighted by Crippen LogP contribution is -2.63. The maximum absolute atomic E-state index is 13.0. The minimum Gasteiger partial charge on any atom is -0.378 e. The van der Waals surface area contributed by atoms with Gasteiger partial charge in [-0.1, -0.05) is 18.2 Å². The summed E-state index contributed by atoms with van der Waals surface area (Å²) < 4.78 is 7.99. The molecule has 5 rings (SSSR count). The average Bonchev–Trinajstić information content (AvgIpc) is 3.47. The molecule has 5 nitrogen and oxygen atoms in total. The van der Waals surface area contributed by atoms with Gasteiger partial charge < -0.3 is 14.2 Å². The first-order valence-electron chi connectivity index (χ1n) is 9.85. The van der Waals surface area contributed by atoms with E-state index >= 15 is 0 Å². The number of carbonyl (C=O) groups is 1. The Kier molecular flexibility index (Phi) is 4.02. The molecule has 0 unspecified atom stereocenters. The predicted octanol–water partition coefficient (Wildman–Crippen LogP) is 2.04. The number of aryl methyl sites for hydroxylation is 1. The quantitative estimate of drug-likeness (QED) is 0.848. The Morgan fingerprint density at radius 2 is 2.04 bits per heavy atom.